The molecule has 0 amide bonds. The Morgan fingerprint density at radius 1 is 1.38 bits per heavy atom. The van der Waals surface area contributed by atoms with E-state index in [-0.39, 0.29) is 11.5 Å². The molecule has 0 saturated carbocycles. The Hall–Kier alpha value is -1.89. The maximum atomic E-state index is 12.4. The number of aliphatic carboxylic acids is 1. The molecule has 0 aromatic heterocycles. The Morgan fingerprint density at radius 2 is 2.05 bits per heavy atom. The molecule has 1 aromatic carbocycles. The van der Waals surface area contributed by atoms with Gasteiger partial charge in [0.2, 0.25) is 0 Å². The highest BCUT2D eigenvalue weighted by molar-refractivity contribution is 5.73. The van der Waals surface area contributed by atoms with Crippen LogP contribution >= 0.6 is 0 Å². The predicted molar refractivity (Wildman–Crippen MR) is 72.8 cm³/mol. The molecule has 0 spiro atoms. The molecule has 7 heteroatoms. The summed E-state index contributed by atoms with van der Waals surface area (Å²) < 4.78 is 34.1. The smallest absolute Gasteiger partial charge is 0.387 e. The van der Waals surface area contributed by atoms with Gasteiger partial charge in [-0.15, -0.1) is 0 Å². The third-order valence-electron chi connectivity index (χ3n) is 3.08. The molecule has 1 unspecified atom stereocenters. The maximum absolute atomic E-state index is 12.4. The van der Waals surface area contributed by atoms with E-state index in [0.717, 1.165) is 0 Å². The van der Waals surface area contributed by atoms with Crippen molar-refractivity contribution in [3.05, 3.63) is 23.8 Å². The van der Waals surface area contributed by atoms with E-state index in [4.69, 9.17) is 9.84 Å². The zero-order valence-electron chi connectivity index (χ0n) is 12.2. The molecule has 0 aliphatic carbocycles. The van der Waals surface area contributed by atoms with Gasteiger partial charge >= 0.3 is 12.6 Å². The lowest BCUT2D eigenvalue weighted by Gasteiger charge is -2.23. The molecule has 0 aliphatic rings. The zero-order chi connectivity index (χ0) is 16.0. The van der Waals surface area contributed by atoms with Gasteiger partial charge in [0, 0.05) is 6.54 Å². The van der Waals surface area contributed by atoms with Crippen LogP contribution in [0.1, 0.15) is 18.9 Å². The Kier molecular flexibility index (Phi) is 6.36. The Morgan fingerprint density at radius 3 is 2.52 bits per heavy atom. The minimum atomic E-state index is -2.95. The molecule has 0 heterocycles. The van der Waals surface area contributed by atoms with Crippen molar-refractivity contribution < 1.29 is 28.2 Å². The summed E-state index contributed by atoms with van der Waals surface area (Å²) in [6.07, 6.45) is 0.447. The van der Waals surface area contributed by atoms with Gasteiger partial charge in [-0.25, -0.2) is 0 Å². The fourth-order valence-corrected chi connectivity index (χ4v) is 2.08. The first kappa shape index (κ1) is 17.2. The molecular formula is C14H19F2NO4. The van der Waals surface area contributed by atoms with Crippen LogP contribution < -0.4 is 9.47 Å². The van der Waals surface area contributed by atoms with Crippen LogP contribution in [0.15, 0.2) is 18.2 Å². The lowest BCUT2D eigenvalue weighted by atomic mass is 10.1. The molecule has 5 nitrogen and oxygen atoms in total. The lowest BCUT2D eigenvalue weighted by molar-refractivity contribution is -0.143. The number of hydrogen-bond acceptors (Lipinski definition) is 4. The zero-order valence-corrected chi connectivity index (χ0v) is 12.2. The number of halogens is 2. The van der Waals surface area contributed by atoms with Crippen LogP contribution in [0.25, 0.3) is 0 Å². The van der Waals surface area contributed by atoms with E-state index in [1.165, 1.54) is 19.2 Å². The Labute approximate surface area is 122 Å². The van der Waals surface area contributed by atoms with Crippen LogP contribution in [-0.4, -0.2) is 42.8 Å². The molecule has 0 bridgehead atoms. The summed E-state index contributed by atoms with van der Waals surface area (Å²) in [6, 6.07) is 3.99. The monoisotopic (exact) mass is 303 g/mol. The lowest BCUT2D eigenvalue weighted by Crippen LogP contribution is -2.37. The van der Waals surface area contributed by atoms with Gasteiger partial charge in [0.1, 0.15) is 6.04 Å². The number of hydrogen-bond donors (Lipinski definition) is 1. The van der Waals surface area contributed by atoms with E-state index in [1.54, 1.807) is 24.9 Å². The average Bonchev–Trinajstić information content (AvgIpc) is 2.38. The molecule has 1 N–H and O–H groups in total. The van der Waals surface area contributed by atoms with Crippen molar-refractivity contribution in [3.8, 4) is 11.5 Å². The maximum Gasteiger partial charge on any atom is 0.387 e. The summed E-state index contributed by atoms with van der Waals surface area (Å²) in [5.41, 5.74) is 0.661. The van der Waals surface area contributed by atoms with E-state index < -0.39 is 18.6 Å². The van der Waals surface area contributed by atoms with Gasteiger partial charge in [0.05, 0.1) is 7.11 Å². The van der Waals surface area contributed by atoms with Gasteiger partial charge < -0.3 is 14.6 Å². The molecular weight excluding hydrogens is 284 g/mol. The molecule has 1 aromatic rings. The van der Waals surface area contributed by atoms with Gasteiger partial charge in [0.25, 0.3) is 0 Å². The topological polar surface area (TPSA) is 59.0 Å². The quantitative estimate of drug-likeness (QED) is 0.800. The van der Waals surface area contributed by atoms with Crippen LogP contribution in [0.3, 0.4) is 0 Å². The third kappa shape index (κ3) is 4.86. The van der Waals surface area contributed by atoms with Gasteiger partial charge in [-0.3, -0.25) is 9.69 Å². The van der Waals surface area contributed by atoms with Crippen molar-refractivity contribution in [3.63, 3.8) is 0 Å². The summed E-state index contributed by atoms with van der Waals surface area (Å²) in [5.74, 6) is -0.786. The minimum absolute atomic E-state index is 0.0678. The van der Waals surface area contributed by atoms with E-state index in [0.29, 0.717) is 18.5 Å². The first-order chi connectivity index (χ1) is 9.88. The molecule has 0 fully saturated rings. The highest BCUT2D eigenvalue weighted by Gasteiger charge is 2.21. The number of nitrogens with zero attached hydrogens (tertiary/aromatic N) is 1. The van der Waals surface area contributed by atoms with Crippen LogP contribution in [0.5, 0.6) is 11.5 Å². The number of ether oxygens (including phenoxy) is 2. The van der Waals surface area contributed by atoms with Crippen molar-refractivity contribution >= 4 is 5.97 Å². The first-order valence-corrected chi connectivity index (χ1v) is 6.43. The molecule has 21 heavy (non-hydrogen) atoms. The molecule has 1 rings (SSSR count). The van der Waals surface area contributed by atoms with Crippen LogP contribution in [-0.2, 0) is 11.3 Å². The second-order valence-corrected chi connectivity index (χ2v) is 4.54. The first-order valence-electron chi connectivity index (χ1n) is 6.43. The average molecular weight is 303 g/mol. The number of likely N-dealkylation sites (N-methyl/N-ethyl adjacent to an activating group) is 1. The molecule has 0 saturated heterocycles. The number of benzene rings is 1. The van der Waals surface area contributed by atoms with Crippen molar-refractivity contribution in [2.24, 2.45) is 0 Å². The highest BCUT2D eigenvalue weighted by Crippen LogP contribution is 2.30. The number of carboxylic acids is 1. The third-order valence-corrected chi connectivity index (χ3v) is 3.08. The Bertz CT molecular complexity index is 482. The van der Waals surface area contributed by atoms with Gasteiger partial charge in [0.15, 0.2) is 11.5 Å². The second-order valence-electron chi connectivity index (χ2n) is 4.54. The number of alkyl halides is 2. The number of methoxy groups -OCH3 is 1. The summed E-state index contributed by atoms with van der Waals surface area (Å²) >= 11 is 0. The van der Waals surface area contributed by atoms with Crippen molar-refractivity contribution in [1.82, 2.24) is 4.90 Å². The van der Waals surface area contributed by atoms with E-state index in [2.05, 4.69) is 4.74 Å². The fraction of sp³-hybridized carbons (Fsp3) is 0.500. The summed E-state index contributed by atoms with van der Waals surface area (Å²) in [4.78, 5) is 12.7. The second kappa shape index (κ2) is 7.78. The molecule has 0 aliphatic heterocycles. The van der Waals surface area contributed by atoms with Gasteiger partial charge in [-0.2, -0.15) is 8.78 Å². The molecule has 0 radical (unpaired) electrons. The SMILES string of the molecule is CCC(C(=O)O)N(C)Cc1ccc(OC)c(OC(F)F)c1. The largest absolute Gasteiger partial charge is 0.493 e. The normalized spacial score (nSPS) is 12.5. The van der Waals surface area contributed by atoms with E-state index in [9.17, 15) is 13.6 Å². The van der Waals surface area contributed by atoms with Crippen molar-refractivity contribution in [1.29, 1.82) is 0 Å². The van der Waals surface area contributed by atoms with Crippen molar-refractivity contribution in [2.75, 3.05) is 14.2 Å². The van der Waals surface area contributed by atoms with Crippen LogP contribution in [0, 0.1) is 0 Å². The Balaban J connectivity index is 2.91. The standard InChI is InChI=1S/C14H19F2NO4/c1-4-10(13(18)19)17(2)8-9-5-6-11(20-3)12(7-9)21-14(15)16/h5-7,10,14H,4,8H2,1-3H3,(H,18,19). The van der Waals surface area contributed by atoms with Gasteiger partial charge in [-0.1, -0.05) is 13.0 Å². The van der Waals surface area contributed by atoms with Crippen LogP contribution in [0.2, 0.25) is 0 Å². The minimum Gasteiger partial charge on any atom is -0.493 e. The van der Waals surface area contributed by atoms with Crippen LogP contribution in [0.4, 0.5) is 8.78 Å². The summed E-state index contributed by atoms with van der Waals surface area (Å²) in [6.45, 7) is -0.877. The summed E-state index contributed by atoms with van der Waals surface area (Å²) in [5, 5.41) is 9.09. The van der Waals surface area contributed by atoms with E-state index in [1.807, 2.05) is 0 Å². The highest BCUT2D eigenvalue weighted by atomic mass is 19.3. The molecule has 118 valence electrons. The van der Waals surface area contributed by atoms with E-state index >= 15 is 0 Å². The number of rotatable bonds is 8. The number of carboxylic acid groups (broad SMARTS) is 1. The van der Waals surface area contributed by atoms with Crippen molar-refractivity contribution in [2.45, 2.75) is 32.5 Å². The fourth-order valence-electron chi connectivity index (χ4n) is 2.08. The molecule has 1 atom stereocenters. The predicted octanol–water partition coefficient (Wildman–Crippen LogP) is 2.59. The van der Waals surface area contributed by atoms with Gasteiger partial charge in [-0.05, 0) is 31.2 Å². The summed E-state index contributed by atoms with van der Waals surface area (Å²) in [7, 11) is 3.02. The number of carbonyl (C=O) groups is 1.